The van der Waals surface area contributed by atoms with Crippen molar-refractivity contribution in [1.29, 1.82) is 0 Å². The molecule has 5 heteroatoms. The maximum atomic E-state index is 6.01. The van der Waals surface area contributed by atoms with E-state index < -0.39 is 0 Å². The van der Waals surface area contributed by atoms with Crippen LogP contribution in [0, 0.1) is 0 Å². The summed E-state index contributed by atoms with van der Waals surface area (Å²) in [6.45, 7) is 4.01. The Balaban J connectivity index is 1.64. The molecule has 5 nitrogen and oxygen atoms in total. The lowest BCUT2D eigenvalue weighted by Crippen LogP contribution is -2.25. The predicted octanol–water partition coefficient (Wildman–Crippen LogP) is 2.97. The molecule has 0 radical (unpaired) electrons. The Morgan fingerprint density at radius 2 is 2.00 bits per heavy atom. The maximum absolute atomic E-state index is 6.01. The van der Waals surface area contributed by atoms with Gasteiger partial charge in [0.05, 0.1) is 18.1 Å². The van der Waals surface area contributed by atoms with Crippen LogP contribution >= 0.6 is 0 Å². The average molecular weight is 311 g/mol. The second kappa shape index (κ2) is 6.08. The Labute approximate surface area is 135 Å². The molecule has 1 aliphatic heterocycles. The van der Waals surface area contributed by atoms with Crippen molar-refractivity contribution in [1.82, 2.24) is 14.3 Å². The molecule has 1 saturated heterocycles. The summed E-state index contributed by atoms with van der Waals surface area (Å²) in [6, 6.07) is 10.00. The van der Waals surface area contributed by atoms with Gasteiger partial charge in [0, 0.05) is 18.8 Å². The van der Waals surface area contributed by atoms with E-state index in [0.29, 0.717) is 12.5 Å². The van der Waals surface area contributed by atoms with Crippen molar-refractivity contribution in [3.63, 3.8) is 0 Å². The lowest BCUT2D eigenvalue weighted by Gasteiger charge is -2.15. The van der Waals surface area contributed by atoms with Gasteiger partial charge in [-0.1, -0.05) is 0 Å². The van der Waals surface area contributed by atoms with Crippen LogP contribution in [0.1, 0.15) is 12.8 Å². The Hall–Kier alpha value is -2.27. The highest BCUT2D eigenvalue weighted by molar-refractivity contribution is 5.82. The molecule has 0 bridgehead atoms. The molecular formula is C18H21N3O2. The minimum absolute atomic E-state index is 0.670. The van der Waals surface area contributed by atoms with Gasteiger partial charge in [-0.15, -0.1) is 0 Å². The fourth-order valence-electron chi connectivity index (χ4n) is 3.24. The first kappa shape index (κ1) is 14.3. The molecule has 4 rings (SSSR count). The Morgan fingerprint density at radius 1 is 1.13 bits per heavy atom. The van der Waals surface area contributed by atoms with Crippen LogP contribution in [0.5, 0.6) is 11.6 Å². The van der Waals surface area contributed by atoms with Crippen molar-refractivity contribution in [2.45, 2.75) is 12.8 Å². The number of hydrogen-bond donors (Lipinski definition) is 0. The van der Waals surface area contributed by atoms with Crippen molar-refractivity contribution >= 4 is 16.6 Å². The first-order valence-corrected chi connectivity index (χ1v) is 8.15. The third-order valence-electron chi connectivity index (χ3n) is 4.48. The maximum Gasteiger partial charge on any atom is 0.238 e. The first-order chi connectivity index (χ1) is 11.3. The Bertz CT molecular complexity index is 822. The van der Waals surface area contributed by atoms with E-state index >= 15 is 0 Å². The zero-order chi connectivity index (χ0) is 15.6. The highest BCUT2D eigenvalue weighted by Crippen LogP contribution is 2.26. The molecular weight excluding hydrogens is 290 g/mol. The monoisotopic (exact) mass is 311 g/mol. The van der Waals surface area contributed by atoms with Gasteiger partial charge < -0.3 is 13.9 Å². The molecule has 0 atom stereocenters. The van der Waals surface area contributed by atoms with Crippen LogP contribution in [0.4, 0.5) is 0 Å². The van der Waals surface area contributed by atoms with Crippen LogP contribution in [0.25, 0.3) is 16.6 Å². The molecule has 2 aromatic heterocycles. The van der Waals surface area contributed by atoms with Gasteiger partial charge in [0.15, 0.2) is 0 Å². The molecule has 0 aliphatic carbocycles. The summed E-state index contributed by atoms with van der Waals surface area (Å²) in [5.41, 5.74) is 2.94. The normalized spacial score (nSPS) is 15.5. The smallest absolute Gasteiger partial charge is 0.238 e. The summed E-state index contributed by atoms with van der Waals surface area (Å²) in [5, 5.41) is 0. The summed E-state index contributed by atoms with van der Waals surface area (Å²) in [7, 11) is 1.67. The minimum Gasteiger partial charge on any atom is -0.497 e. The fraction of sp³-hybridized carbons (Fsp3) is 0.389. The fourth-order valence-corrected chi connectivity index (χ4v) is 3.24. The highest BCUT2D eigenvalue weighted by atomic mass is 16.5. The van der Waals surface area contributed by atoms with Gasteiger partial charge in [-0.3, -0.25) is 4.90 Å². The Kier molecular flexibility index (Phi) is 3.79. The van der Waals surface area contributed by atoms with E-state index in [0.717, 1.165) is 28.8 Å². The summed E-state index contributed by atoms with van der Waals surface area (Å²) in [6.07, 6.45) is 4.65. The van der Waals surface area contributed by atoms with E-state index in [-0.39, 0.29) is 0 Å². The third kappa shape index (κ3) is 2.72. The first-order valence-electron chi connectivity index (χ1n) is 8.15. The van der Waals surface area contributed by atoms with Crippen molar-refractivity contribution in [2.75, 3.05) is 33.4 Å². The van der Waals surface area contributed by atoms with Crippen molar-refractivity contribution in [2.24, 2.45) is 0 Å². The van der Waals surface area contributed by atoms with E-state index in [1.807, 2.05) is 36.5 Å². The number of methoxy groups -OCH3 is 1. The largest absolute Gasteiger partial charge is 0.497 e. The molecule has 3 heterocycles. The van der Waals surface area contributed by atoms with Crippen LogP contribution in [0.15, 0.2) is 36.5 Å². The number of nitrogens with zero attached hydrogens (tertiary/aromatic N) is 3. The van der Waals surface area contributed by atoms with Crippen LogP contribution in [-0.4, -0.2) is 47.6 Å². The molecule has 0 spiro atoms. The van der Waals surface area contributed by atoms with E-state index in [1.165, 1.54) is 25.9 Å². The molecule has 0 saturated carbocycles. The quantitative estimate of drug-likeness (QED) is 0.726. The zero-order valence-electron chi connectivity index (χ0n) is 13.4. The number of rotatable bonds is 5. The van der Waals surface area contributed by atoms with Gasteiger partial charge in [-0.25, -0.2) is 4.98 Å². The number of benzene rings is 1. The number of fused-ring (bicyclic) bond motifs is 3. The molecule has 1 aliphatic rings. The molecule has 0 unspecified atom stereocenters. The molecule has 120 valence electrons. The van der Waals surface area contributed by atoms with E-state index in [1.54, 1.807) is 7.11 Å². The molecule has 1 fully saturated rings. The van der Waals surface area contributed by atoms with Crippen LogP contribution in [0.3, 0.4) is 0 Å². The lowest BCUT2D eigenvalue weighted by atomic mass is 10.2. The zero-order valence-corrected chi connectivity index (χ0v) is 13.4. The van der Waals surface area contributed by atoms with Gasteiger partial charge in [0.25, 0.3) is 0 Å². The van der Waals surface area contributed by atoms with Crippen molar-refractivity contribution in [3.05, 3.63) is 36.5 Å². The molecule has 3 aromatic rings. The minimum atomic E-state index is 0.670. The summed E-state index contributed by atoms with van der Waals surface area (Å²) >= 11 is 0. The predicted molar refractivity (Wildman–Crippen MR) is 90.4 cm³/mol. The van der Waals surface area contributed by atoms with E-state index in [4.69, 9.17) is 14.5 Å². The van der Waals surface area contributed by atoms with E-state index in [2.05, 4.69) is 9.30 Å². The molecule has 0 amide bonds. The number of aromatic nitrogens is 2. The summed E-state index contributed by atoms with van der Waals surface area (Å²) < 4.78 is 13.4. The Morgan fingerprint density at radius 3 is 2.83 bits per heavy atom. The number of hydrogen-bond acceptors (Lipinski definition) is 4. The molecule has 23 heavy (non-hydrogen) atoms. The van der Waals surface area contributed by atoms with Gasteiger partial charge >= 0.3 is 0 Å². The van der Waals surface area contributed by atoms with Crippen molar-refractivity contribution < 1.29 is 9.47 Å². The van der Waals surface area contributed by atoms with Crippen LogP contribution in [-0.2, 0) is 0 Å². The molecule has 0 N–H and O–H groups in total. The van der Waals surface area contributed by atoms with Crippen LogP contribution < -0.4 is 9.47 Å². The summed E-state index contributed by atoms with van der Waals surface area (Å²) in [5.74, 6) is 1.49. The third-order valence-corrected chi connectivity index (χ3v) is 4.48. The van der Waals surface area contributed by atoms with E-state index in [9.17, 15) is 0 Å². The second-order valence-corrected chi connectivity index (χ2v) is 5.93. The number of likely N-dealkylation sites (tertiary alicyclic amines) is 1. The number of ether oxygens (including phenoxy) is 2. The lowest BCUT2D eigenvalue weighted by molar-refractivity contribution is 0.234. The highest BCUT2D eigenvalue weighted by Gasteiger charge is 2.13. The van der Waals surface area contributed by atoms with Gasteiger partial charge in [-0.2, -0.15) is 0 Å². The SMILES string of the molecule is COc1ccc2c(c1)nc(OCCN1CCCC1)c1cccn12. The average Bonchev–Trinajstić information content (AvgIpc) is 3.26. The standard InChI is InChI=1S/C18H21N3O2/c1-22-14-6-7-16-15(13-14)19-18(17-5-4-10-21(16)17)23-12-11-20-8-2-3-9-20/h4-7,10,13H,2-3,8-9,11-12H2,1H3. The van der Waals surface area contributed by atoms with Crippen molar-refractivity contribution in [3.8, 4) is 11.6 Å². The summed E-state index contributed by atoms with van der Waals surface area (Å²) in [4.78, 5) is 7.15. The van der Waals surface area contributed by atoms with Gasteiger partial charge in [0.1, 0.15) is 17.9 Å². The topological polar surface area (TPSA) is 39.0 Å². The van der Waals surface area contributed by atoms with Gasteiger partial charge in [-0.05, 0) is 50.2 Å². The van der Waals surface area contributed by atoms with Crippen LogP contribution in [0.2, 0.25) is 0 Å². The second-order valence-electron chi connectivity index (χ2n) is 5.93. The van der Waals surface area contributed by atoms with Gasteiger partial charge in [0.2, 0.25) is 5.88 Å². The molecule has 1 aromatic carbocycles.